The summed E-state index contributed by atoms with van der Waals surface area (Å²) in [5.74, 6) is 0.564. The lowest BCUT2D eigenvalue weighted by molar-refractivity contribution is 0.0938. The molecule has 4 aromatic rings. The molecule has 0 spiro atoms. The Kier molecular flexibility index (Phi) is 8.08. The monoisotopic (exact) mass is 500 g/mol. The fourth-order valence-corrected chi connectivity index (χ4v) is 4.26. The minimum atomic E-state index is -0.224. The normalized spacial score (nSPS) is 12.1. The average Bonchev–Trinajstić information content (AvgIpc) is 3.53. The van der Waals surface area contributed by atoms with Crippen molar-refractivity contribution in [3.8, 4) is 28.1 Å². The third kappa shape index (κ3) is 6.27. The second-order valence-electron chi connectivity index (χ2n) is 9.60. The van der Waals surface area contributed by atoms with Crippen molar-refractivity contribution in [2.45, 2.75) is 33.4 Å². The van der Waals surface area contributed by atoms with E-state index in [1.165, 1.54) is 0 Å². The highest BCUT2D eigenvalue weighted by molar-refractivity contribution is 5.96. The lowest BCUT2D eigenvalue weighted by atomic mass is 9.96. The van der Waals surface area contributed by atoms with Crippen LogP contribution in [0.25, 0.3) is 22.4 Å². The van der Waals surface area contributed by atoms with Gasteiger partial charge in [0.25, 0.3) is 5.91 Å². The maximum Gasteiger partial charge on any atom is 0.252 e. The molecule has 0 bridgehead atoms. The summed E-state index contributed by atoms with van der Waals surface area (Å²) in [6.45, 7) is 8.16. The summed E-state index contributed by atoms with van der Waals surface area (Å²) in [4.78, 5) is 15.4. The third-order valence-corrected chi connectivity index (χ3v) is 6.41. The van der Waals surface area contributed by atoms with Crippen LogP contribution in [0.5, 0.6) is 5.75 Å². The summed E-state index contributed by atoms with van der Waals surface area (Å²) in [6, 6.07) is 13.8. The highest BCUT2D eigenvalue weighted by Gasteiger charge is 2.17. The second kappa shape index (κ2) is 11.4. The number of carbonyl (C=O) groups is 1. The van der Waals surface area contributed by atoms with E-state index in [1.54, 1.807) is 4.68 Å². The van der Waals surface area contributed by atoms with Crippen molar-refractivity contribution < 1.29 is 9.53 Å². The molecule has 0 aliphatic carbocycles. The van der Waals surface area contributed by atoms with Crippen molar-refractivity contribution in [2.24, 2.45) is 7.05 Å². The largest absolute Gasteiger partial charge is 0.492 e. The van der Waals surface area contributed by atoms with Crippen molar-refractivity contribution >= 4 is 5.91 Å². The predicted molar refractivity (Wildman–Crippen MR) is 147 cm³/mol. The van der Waals surface area contributed by atoms with Crippen LogP contribution in [0.2, 0.25) is 0 Å². The standard InChI is InChI=1S/C29H36N6O2/c1-7-35-28(10-11-30-35)24-15-22(14-23(16-24)25-18-31-34(6)19-25)21(3)32-29(36)27-17-26(9-8-20(27)2)37-13-12-33(4)5/h8-11,14-19,21H,7,12-13H2,1-6H3,(H,32,36)/t21-/m1/s1. The van der Waals surface area contributed by atoms with E-state index in [2.05, 4.69) is 45.5 Å². The quantitative estimate of drug-likeness (QED) is 0.341. The molecule has 0 saturated heterocycles. The summed E-state index contributed by atoms with van der Waals surface area (Å²) in [5, 5.41) is 12.0. The van der Waals surface area contributed by atoms with Gasteiger partial charge in [0, 0.05) is 49.2 Å². The minimum absolute atomic E-state index is 0.130. The third-order valence-electron chi connectivity index (χ3n) is 6.41. The number of amides is 1. The lowest BCUT2D eigenvalue weighted by Crippen LogP contribution is -2.27. The zero-order valence-corrected chi connectivity index (χ0v) is 22.5. The Morgan fingerprint density at radius 3 is 2.57 bits per heavy atom. The molecule has 1 amide bonds. The molecular formula is C29H36N6O2. The van der Waals surface area contributed by atoms with Gasteiger partial charge in [0.15, 0.2) is 0 Å². The van der Waals surface area contributed by atoms with Gasteiger partial charge in [-0.2, -0.15) is 10.2 Å². The molecule has 0 saturated carbocycles. The Morgan fingerprint density at radius 1 is 1.08 bits per heavy atom. The number of carbonyl (C=O) groups excluding carboxylic acids is 1. The number of hydrogen-bond donors (Lipinski definition) is 1. The Labute approximate surface area is 218 Å². The summed E-state index contributed by atoms with van der Waals surface area (Å²) in [5.41, 5.74) is 6.66. The van der Waals surface area contributed by atoms with Crippen LogP contribution in [0.1, 0.15) is 41.4 Å². The molecular weight excluding hydrogens is 464 g/mol. The van der Waals surface area contributed by atoms with Crippen LogP contribution < -0.4 is 10.1 Å². The Balaban J connectivity index is 1.62. The van der Waals surface area contributed by atoms with Crippen LogP contribution in [-0.4, -0.2) is 57.6 Å². The molecule has 37 heavy (non-hydrogen) atoms. The van der Waals surface area contributed by atoms with E-state index in [0.29, 0.717) is 17.9 Å². The number of benzene rings is 2. The van der Waals surface area contributed by atoms with Crippen LogP contribution in [0.3, 0.4) is 0 Å². The van der Waals surface area contributed by atoms with Crippen LogP contribution in [0.4, 0.5) is 0 Å². The number of nitrogens with one attached hydrogen (secondary N) is 1. The van der Waals surface area contributed by atoms with Gasteiger partial charge in [-0.3, -0.25) is 14.2 Å². The molecule has 194 valence electrons. The first kappa shape index (κ1) is 26.2. The number of ether oxygens (including phenoxy) is 1. The molecule has 2 aromatic heterocycles. The number of rotatable bonds is 10. The summed E-state index contributed by atoms with van der Waals surface area (Å²) in [7, 11) is 5.91. The van der Waals surface area contributed by atoms with Crippen LogP contribution in [0, 0.1) is 6.92 Å². The maximum atomic E-state index is 13.4. The van der Waals surface area contributed by atoms with Crippen LogP contribution in [0.15, 0.2) is 61.1 Å². The van der Waals surface area contributed by atoms with Gasteiger partial charge in [-0.25, -0.2) is 0 Å². The Bertz CT molecular complexity index is 1370. The molecule has 2 heterocycles. The number of aryl methyl sites for hydroxylation is 3. The molecule has 0 aliphatic rings. The highest BCUT2D eigenvalue weighted by Crippen LogP contribution is 2.31. The average molecular weight is 501 g/mol. The first-order valence-corrected chi connectivity index (χ1v) is 12.6. The molecule has 8 heteroatoms. The van der Waals surface area contributed by atoms with Gasteiger partial charge in [0.05, 0.1) is 17.9 Å². The van der Waals surface area contributed by atoms with Gasteiger partial charge in [0.2, 0.25) is 0 Å². The van der Waals surface area contributed by atoms with Crippen molar-refractivity contribution in [3.05, 3.63) is 77.7 Å². The molecule has 0 unspecified atom stereocenters. The minimum Gasteiger partial charge on any atom is -0.492 e. The molecule has 8 nitrogen and oxygen atoms in total. The van der Waals surface area contributed by atoms with Crippen molar-refractivity contribution in [3.63, 3.8) is 0 Å². The number of likely N-dealkylation sites (N-methyl/N-ethyl adjacent to an activating group) is 1. The van der Waals surface area contributed by atoms with E-state index < -0.39 is 0 Å². The van der Waals surface area contributed by atoms with E-state index in [4.69, 9.17) is 4.74 Å². The fraction of sp³-hybridized carbons (Fsp3) is 0.345. The molecule has 0 fully saturated rings. The molecule has 1 atom stereocenters. The van der Waals surface area contributed by atoms with E-state index >= 15 is 0 Å². The predicted octanol–water partition coefficient (Wildman–Crippen LogP) is 4.71. The molecule has 0 aliphatic heterocycles. The summed E-state index contributed by atoms with van der Waals surface area (Å²) >= 11 is 0. The Hall–Kier alpha value is -3.91. The van der Waals surface area contributed by atoms with Crippen molar-refractivity contribution in [1.29, 1.82) is 0 Å². The van der Waals surface area contributed by atoms with E-state index in [-0.39, 0.29) is 11.9 Å². The summed E-state index contributed by atoms with van der Waals surface area (Å²) < 4.78 is 9.62. The number of aromatic nitrogens is 4. The lowest BCUT2D eigenvalue weighted by Gasteiger charge is -2.19. The van der Waals surface area contributed by atoms with Gasteiger partial charge < -0.3 is 15.0 Å². The topological polar surface area (TPSA) is 77.2 Å². The van der Waals surface area contributed by atoms with Crippen LogP contribution >= 0.6 is 0 Å². The van der Waals surface area contributed by atoms with Crippen LogP contribution in [-0.2, 0) is 13.6 Å². The first-order valence-electron chi connectivity index (χ1n) is 12.6. The number of hydrogen-bond acceptors (Lipinski definition) is 5. The Morgan fingerprint density at radius 2 is 1.86 bits per heavy atom. The summed E-state index contributed by atoms with van der Waals surface area (Å²) in [6.07, 6.45) is 5.67. The van der Waals surface area contributed by atoms with Gasteiger partial charge in [-0.1, -0.05) is 6.07 Å². The zero-order chi connectivity index (χ0) is 26.5. The highest BCUT2D eigenvalue weighted by atomic mass is 16.5. The smallest absolute Gasteiger partial charge is 0.252 e. The van der Waals surface area contributed by atoms with E-state index in [1.807, 2.05) is 82.5 Å². The second-order valence-corrected chi connectivity index (χ2v) is 9.60. The molecule has 4 rings (SSSR count). The molecule has 2 aromatic carbocycles. The van der Waals surface area contributed by atoms with Crippen molar-refractivity contribution in [1.82, 2.24) is 29.8 Å². The number of nitrogens with zero attached hydrogens (tertiary/aromatic N) is 5. The molecule has 0 radical (unpaired) electrons. The SMILES string of the molecule is CCn1nccc1-c1cc(-c2cnn(C)c2)cc([C@@H](C)NC(=O)c2cc(OCCN(C)C)ccc2C)c1. The fourth-order valence-electron chi connectivity index (χ4n) is 4.26. The maximum absolute atomic E-state index is 13.4. The molecule has 1 N–H and O–H groups in total. The van der Waals surface area contributed by atoms with E-state index in [0.717, 1.165) is 46.6 Å². The zero-order valence-electron chi connectivity index (χ0n) is 22.5. The van der Waals surface area contributed by atoms with Gasteiger partial charge >= 0.3 is 0 Å². The van der Waals surface area contributed by atoms with Gasteiger partial charge in [-0.15, -0.1) is 0 Å². The first-order chi connectivity index (χ1) is 17.7. The van der Waals surface area contributed by atoms with Gasteiger partial charge in [-0.05, 0) is 88.0 Å². The van der Waals surface area contributed by atoms with Gasteiger partial charge in [0.1, 0.15) is 12.4 Å². The van der Waals surface area contributed by atoms with Crippen molar-refractivity contribution in [2.75, 3.05) is 27.2 Å². The van der Waals surface area contributed by atoms with E-state index in [9.17, 15) is 4.79 Å².